The summed E-state index contributed by atoms with van der Waals surface area (Å²) >= 11 is 0. The van der Waals surface area contributed by atoms with Crippen molar-refractivity contribution >= 4 is 11.9 Å². The number of carbonyl (C=O) groups is 2. The maximum absolute atomic E-state index is 9.49. The van der Waals surface area contributed by atoms with Crippen LogP contribution in [0.2, 0.25) is 0 Å². The molecular formula is C8H15BrCoMnO4+2. The van der Waals surface area contributed by atoms with Gasteiger partial charge in [0.2, 0.25) is 0 Å². The zero-order chi connectivity index (χ0) is 9.98. The van der Waals surface area contributed by atoms with E-state index in [-0.39, 0.29) is 65.1 Å². The molecule has 0 amide bonds. The predicted octanol–water partition coefficient (Wildman–Crippen LogP) is -3.82. The summed E-state index contributed by atoms with van der Waals surface area (Å²) in [7, 11) is 0. The Morgan fingerprint density at radius 2 is 1.20 bits per heavy atom. The minimum absolute atomic E-state index is 0. The molecule has 0 saturated carbocycles. The number of carboxylic acids is 2. The van der Waals surface area contributed by atoms with Crippen molar-refractivity contribution in [1.82, 2.24) is 0 Å². The second-order valence-electron chi connectivity index (χ2n) is 2.24. The van der Waals surface area contributed by atoms with Crippen LogP contribution in [0.3, 0.4) is 0 Å². The summed E-state index contributed by atoms with van der Waals surface area (Å²) in [6.45, 7) is 3.60. The van der Waals surface area contributed by atoms with Crippen LogP contribution in [0.15, 0.2) is 0 Å². The summed E-state index contributed by atoms with van der Waals surface area (Å²) in [6, 6.07) is 0. The van der Waals surface area contributed by atoms with E-state index in [1.807, 2.05) is 0 Å². The fourth-order valence-electron chi connectivity index (χ4n) is 0.408. The van der Waals surface area contributed by atoms with E-state index in [4.69, 9.17) is 0 Å². The van der Waals surface area contributed by atoms with Crippen molar-refractivity contribution in [2.24, 2.45) is 0 Å². The Labute approximate surface area is 123 Å². The Morgan fingerprint density at radius 1 is 1.00 bits per heavy atom. The number of carboxylic acid groups (broad SMARTS) is 2. The van der Waals surface area contributed by atoms with E-state index >= 15 is 0 Å². The van der Waals surface area contributed by atoms with Crippen LogP contribution in [0.4, 0.5) is 0 Å². The molecule has 0 aromatic heterocycles. The largest absolute Gasteiger partial charge is 2.00 e. The van der Waals surface area contributed by atoms with Crippen LogP contribution in [-0.4, -0.2) is 11.9 Å². The van der Waals surface area contributed by atoms with Gasteiger partial charge in [-0.05, 0) is 12.8 Å². The number of carbonyl (C=O) groups excluding carboxylic acids is 2. The van der Waals surface area contributed by atoms with Gasteiger partial charge in [-0.2, -0.15) is 0 Å². The van der Waals surface area contributed by atoms with E-state index in [9.17, 15) is 19.8 Å². The SMILES string of the molecule is CCCC(=O)[O-].CCCC(=O)[O-].[Br-].[Co+2].[H+].[Mn+2]. The summed E-state index contributed by atoms with van der Waals surface area (Å²) in [5.41, 5.74) is 0. The van der Waals surface area contributed by atoms with Crippen molar-refractivity contribution in [2.45, 2.75) is 39.5 Å². The van der Waals surface area contributed by atoms with Crippen LogP contribution < -0.4 is 27.2 Å². The van der Waals surface area contributed by atoms with Gasteiger partial charge < -0.3 is 36.8 Å². The van der Waals surface area contributed by atoms with Crippen molar-refractivity contribution in [3.05, 3.63) is 0 Å². The Morgan fingerprint density at radius 3 is 1.20 bits per heavy atom. The fourth-order valence-corrected chi connectivity index (χ4v) is 0.408. The monoisotopic (exact) mass is 368 g/mol. The number of aliphatic carboxylic acids is 2. The number of hydrogen-bond acceptors (Lipinski definition) is 4. The maximum Gasteiger partial charge on any atom is 2.00 e. The van der Waals surface area contributed by atoms with Crippen LogP contribution in [-0.2, 0) is 43.4 Å². The van der Waals surface area contributed by atoms with Crippen molar-refractivity contribution < 1.29 is 72.1 Å². The van der Waals surface area contributed by atoms with Crippen molar-refractivity contribution in [3.8, 4) is 0 Å². The molecule has 0 aliphatic heterocycles. The zero-order valence-corrected chi connectivity index (χ0v) is 12.4. The van der Waals surface area contributed by atoms with E-state index < -0.39 is 11.9 Å². The minimum atomic E-state index is -0.961. The summed E-state index contributed by atoms with van der Waals surface area (Å²) in [5.74, 6) is -1.92. The smallest absolute Gasteiger partial charge is 1.00 e. The van der Waals surface area contributed by atoms with Crippen LogP contribution in [0.1, 0.15) is 41.0 Å². The van der Waals surface area contributed by atoms with Gasteiger partial charge in [0.25, 0.3) is 0 Å². The molecule has 2 radical (unpaired) electrons. The van der Waals surface area contributed by atoms with Crippen molar-refractivity contribution in [3.63, 3.8) is 0 Å². The number of hydrogen-bond donors (Lipinski definition) is 0. The standard InChI is InChI=1S/2C4H8O2.BrH.Co.Mn/c2*1-2-3-4(5)6;;;/h2*2-3H2,1H3,(H,5,6);1H;;/q;;;2*+2/p-2. The summed E-state index contributed by atoms with van der Waals surface area (Å²) in [6.07, 6.45) is 1.70. The Hall–Kier alpha value is 0.446. The predicted molar refractivity (Wildman–Crippen MR) is 40.9 cm³/mol. The molecule has 0 bridgehead atoms. The van der Waals surface area contributed by atoms with Gasteiger partial charge in [0.05, 0.1) is 0 Å². The van der Waals surface area contributed by atoms with Gasteiger partial charge in [0.1, 0.15) is 0 Å². The minimum Gasteiger partial charge on any atom is -1.00 e. The molecule has 0 unspecified atom stereocenters. The van der Waals surface area contributed by atoms with Gasteiger partial charge in [-0.25, -0.2) is 0 Å². The second kappa shape index (κ2) is 23.9. The third-order valence-electron chi connectivity index (χ3n) is 0.908. The second-order valence-corrected chi connectivity index (χ2v) is 2.24. The fraction of sp³-hybridized carbons (Fsp3) is 0.750. The first-order chi connectivity index (χ1) is 5.54. The first-order valence-corrected chi connectivity index (χ1v) is 3.94. The van der Waals surface area contributed by atoms with Gasteiger partial charge >= 0.3 is 35.3 Å². The maximum atomic E-state index is 9.49. The van der Waals surface area contributed by atoms with E-state index in [0.29, 0.717) is 12.8 Å². The van der Waals surface area contributed by atoms with Crippen LogP contribution in [0.5, 0.6) is 0 Å². The van der Waals surface area contributed by atoms with E-state index in [2.05, 4.69) is 0 Å². The van der Waals surface area contributed by atoms with Gasteiger partial charge in [-0.15, -0.1) is 0 Å². The summed E-state index contributed by atoms with van der Waals surface area (Å²) < 4.78 is 0. The van der Waals surface area contributed by atoms with Gasteiger partial charge in [-0.3, -0.25) is 0 Å². The molecule has 0 aromatic rings. The van der Waals surface area contributed by atoms with Crippen LogP contribution >= 0.6 is 0 Å². The molecule has 0 aromatic carbocycles. The quantitative estimate of drug-likeness (QED) is 0.476. The Balaban J connectivity index is -0.0000000250. The molecule has 4 nitrogen and oxygen atoms in total. The molecule has 92 valence electrons. The molecule has 0 spiro atoms. The first kappa shape index (κ1) is 29.5. The molecule has 0 heterocycles. The van der Waals surface area contributed by atoms with Crippen LogP contribution in [0, 0.1) is 0 Å². The third kappa shape index (κ3) is 53.9. The summed E-state index contributed by atoms with van der Waals surface area (Å²) in [4.78, 5) is 19.0. The molecule has 0 rings (SSSR count). The Bertz CT molecular complexity index is 136. The van der Waals surface area contributed by atoms with E-state index in [0.717, 1.165) is 0 Å². The molecule has 15 heavy (non-hydrogen) atoms. The number of halogens is 1. The molecule has 0 aliphatic rings. The molecule has 0 N–H and O–H groups in total. The Kier molecular flexibility index (Phi) is 47.1. The zero-order valence-electron chi connectivity index (χ0n) is 9.55. The van der Waals surface area contributed by atoms with Gasteiger partial charge in [0, 0.05) is 11.9 Å². The normalized spacial score (nSPS) is 6.53. The molecule has 0 atom stereocenters. The van der Waals surface area contributed by atoms with Crippen LogP contribution in [0.25, 0.3) is 0 Å². The third-order valence-corrected chi connectivity index (χ3v) is 0.908. The van der Waals surface area contributed by atoms with Crippen molar-refractivity contribution in [1.29, 1.82) is 0 Å². The number of rotatable bonds is 4. The van der Waals surface area contributed by atoms with E-state index in [1.54, 1.807) is 13.8 Å². The van der Waals surface area contributed by atoms with E-state index in [1.165, 1.54) is 0 Å². The van der Waals surface area contributed by atoms with Gasteiger partial charge in [0.15, 0.2) is 0 Å². The first-order valence-electron chi connectivity index (χ1n) is 3.94. The molecule has 0 fully saturated rings. The molecule has 0 aliphatic carbocycles. The molecular weight excluding hydrogens is 354 g/mol. The topological polar surface area (TPSA) is 80.3 Å². The van der Waals surface area contributed by atoms with Crippen molar-refractivity contribution in [2.75, 3.05) is 0 Å². The summed E-state index contributed by atoms with van der Waals surface area (Å²) in [5, 5.41) is 19.0. The average Bonchev–Trinajstić information content (AvgIpc) is 1.87. The van der Waals surface area contributed by atoms with Gasteiger partial charge in [-0.1, -0.05) is 26.7 Å². The average molecular weight is 369 g/mol. The molecule has 0 saturated heterocycles. The molecule has 7 heteroatoms.